The molecule has 2 N–H and O–H groups in total. The number of rotatable bonds is 5. The van der Waals surface area contributed by atoms with Crippen LogP contribution in [0.3, 0.4) is 0 Å². The molecule has 1 fully saturated rings. The number of phenols is 1. The highest BCUT2D eigenvalue weighted by Gasteiger charge is 2.24. The highest BCUT2D eigenvalue weighted by molar-refractivity contribution is 6.07. The summed E-state index contributed by atoms with van der Waals surface area (Å²) in [7, 11) is 1.17. The SMILES string of the molecule is COC(=O)c1cccc(NC(=O)c2ccc(N3CCCC3)c([N+](=O)[O-])c2)c1O. The largest absolute Gasteiger partial charge is 0.505 e. The average Bonchev–Trinajstić information content (AvgIpc) is 3.23. The van der Waals surface area contributed by atoms with Crippen LogP contribution in [0.5, 0.6) is 5.75 Å². The molecular weight excluding hydrogens is 366 g/mol. The van der Waals surface area contributed by atoms with Crippen molar-refractivity contribution in [1.29, 1.82) is 0 Å². The van der Waals surface area contributed by atoms with Gasteiger partial charge in [-0.2, -0.15) is 0 Å². The van der Waals surface area contributed by atoms with Crippen molar-refractivity contribution in [1.82, 2.24) is 0 Å². The molecule has 1 aliphatic rings. The Morgan fingerprint density at radius 2 is 1.93 bits per heavy atom. The lowest BCUT2D eigenvalue weighted by Gasteiger charge is -2.18. The summed E-state index contributed by atoms with van der Waals surface area (Å²) in [5.41, 5.74) is 0.295. The Bertz CT molecular complexity index is 937. The Hall–Kier alpha value is -3.62. The zero-order chi connectivity index (χ0) is 20.3. The van der Waals surface area contributed by atoms with Gasteiger partial charge in [-0.15, -0.1) is 0 Å². The molecule has 0 aromatic heterocycles. The van der Waals surface area contributed by atoms with E-state index in [9.17, 15) is 24.8 Å². The van der Waals surface area contributed by atoms with Crippen LogP contribution in [0.1, 0.15) is 33.6 Å². The van der Waals surface area contributed by atoms with E-state index in [0.717, 1.165) is 25.9 Å². The molecule has 2 aromatic carbocycles. The number of carbonyl (C=O) groups is 2. The lowest BCUT2D eigenvalue weighted by molar-refractivity contribution is -0.384. The fraction of sp³-hybridized carbons (Fsp3) is 0.263. The molecule has 1 aliphatic heterocycles. The molecule has 1 amide bonds. The Balaban J connectivity index is 1.88. The molecule has 9 nitrogen and oxygen atoms in total. The summed E-state index contributed by atoms with van der Waals surface area (Å²) in [6.07, 6.45) is 1.93. The maximum atomic E-state index is 12.5. The number of nitro groups is 1. The molecule has 0 radical (unpaired) electrons. The van der Waals surface area contributed by atoms with Gasteiger partial charge in [0, 0.05) is 24.7 Å². The monoisotopic (exact) mass is 385 g/mol. The van der Waals surface area contributed by atoms with E-state index in [2.05, 4.69) is 10.1 Å². The van der Waals surface area contributed by atoms with Gasteiger partial charge in [0.25, 0.3) is 11.6 Å². The zero-order valence-electron chi connectivity index (χ0n) is 15.2. The van der Waals surface area contributed by atoms with Gasteiger partial charge in [0.05, 0.1) is 17.7 Å². The number of nitrogens with zero attached hydrogens (tertiary/aromatic N) is 2. The number of benzene rings is 2. The van der Waals surface area contributed by atoms with E-state index in [1.807, 2.05) is 4.90 Å². The first-order valence-corrected chi connectivity index (χ1v) is 8.67. The zero-order valence-corrected chi connectivity index (χ0v) is 15.2. The maximum absolute atomic E-state index is 12.5. The van der Waals surface area contributed by atoms with Gasteiger partial charge < -0.3 is 20.1 Å². The van der Waals surface area contributed by atoms with E-state index in [1.165, 1.54) is 37.4 Å². The van der Waals surface area contributed by atoms with Gasteiger partial charge in [0.2, 0.25) is 0 Å². The third-order valence-electron chi connectivity index (χ3n) is 4.57. The minimum Gasteiger partial charge on any atom is -0.505 e. The Kier molecular flexibility index (Phi) is 5.44. The van der Waals surface area contributed by atoms with Crippen LogP contribution in [0.4, 0.5) is 17.1 Å². The minimum atomic E-state index is -0.751. The van der Waals surface area contributed by atoms with Gasteiger partial charge in [0.15, 0.2) is 5.75 Å². The molecule has 28 heavy (non-hydrogen) atoms. The molecular formula is C19H19N3O6. The molecule has 0 spiro atoms. The lowest BCUT2D eigenvalue weighted by Crippen LogP contribution is -2.20. The molecule has 1 heterocycles. The van der Waals surface area contributed by atoms with Crippen LogP contribution in [-0.2, 0) is 4.74 Å². The Morgan fingerprint density at radius 1 is 1.21 bits per heavy atom. The van der Waals surface area contributed by atoms with Gasteiger partial charge in [0.1, 0.15) is 11.3 Å². The van der Waals surface area contributed by atoms with Crippen molar-refractivity contribution < 1.29 is 24.4 Å². The number of hydrogen-bond acceptors (Lipinski definition) is 7. The number of ether oxygens (including phenoxy) is 1. The topological polar surface area (TPSA) is 122 Å². The van der Waals surface area contributed by atoms with Crippen molar-refractivity contribution in [3.8, 4) is 5.75 Å². The number of hydrogen-bond donors (Lipinski definition) is 2. The van der Waals surface area contributed by atoms with E-state index in [1.54, 1.807) is 6.07 Å². The third-order valence-corrected chi connectivity index (χ3v) is 4.57. The molecule has 0 bridgehead atoms. The molecule has 146 valence electrons. The normalized spacial score (nSPS) is 13.2. The van der Waals surface area contributed by atoms with Crippen LogP contribution in [0.2, 0.25) is 0 Å². The number of amides is 1. The first-order chi connectivity index (χ1) is 13.4. The summed E-state index contributed by atoms with van der Waals surface area (Å²) < 4.78 is 4.57. The van der Waals surface area contributed by atoms with Crippen molar-refractivity contribution in [2.24, 2.45) is 0 Å². The van der Waals surface area contributed by atoms with Crippen LogP contribution >= 0.6 is 0 Å². The fourth-order valence-electron chi connectivity index (χ4n) is 3.15. The molecule has 0 saturated carbocycles. The summed E-state index contributed by atoms with van der Waals surface area (Å²) in [6.45, 7) is 1.47. The molecule has 9 heteroatoms. The van der Waals surface area contributed by atoms with Gasteiger partial charge in [-0.25, -0.2) is 4.79 Å². The van der Waals surface area contributed by atoms with Crippen LogP contribution < -0.4 is 10.2 Å². The van der Waals surface area contributed by atoms with Crippen molar-refractivity contribution in [2.75, 3.05) is 30.4 Å². The third kappa shape index (κ3) is 3.73. The van der Waals surface area contributed by atoms with Gasteiger partial charge in [-0.3, -0.25) is 14.9 Å². The van der Waals surface area contributed by atoms with Crippen LogP contribution in [0.25, 0.3) is 0 Å². The van der Waals surface area contributed by atoms with E-state index < -0.39 is 22.5 Å². The standard InChI is InChI=1S/C19H19N3O6/c1-28-19(25)13-5-4-6-14(17(13)23)20-18(24)12-7-8-15(16(11-12)22(26)27)21-9-2-3-10-21/h4-8,11,23H,2-3,9-10H2,1H3,(H,20,24). The van der Waals surface area contributed by atoms with Crippen LogP contribution in [-0.4, -0.2) is 42.1 Å². The molecule has 3 rings (SSSR count). The maximum Gasteiger partial charge on any atom is 0.341 e. The van der Waals surface area contributed by atoms with E-state index in [0.29, 0.717) is 5.69 Å². The van der Waals surface area contributed by atoms with Crippen molar-refractivity contribution in [2.45, 2.75) is 12.8 Å². The molecule has 1 saturated heterocycles. The highest BCUT2D eigenvalue weighted by Crippen LogP contribution is 2.33. The summed E-state index contributed by atoms with van der Waals surface area (Å²) >= 11 is 0. The number of phenolic OH excluding ortho intramolecular Hbond substituents is 1. The average molecular weight is 385 g/mol. The van der Waals surface area contributed by atoms with E-state index in [4.69, 9.17) is 0 Å². The minimum absolute atomic E-state index is 0.000766. The number of nitrogens with one attached hydrogen (secondary N) is 1. The Morgan fingerprint density at radius 3 is 2.57 bits per heavy atom. The van der Waals surface area contributed by atoms with E-state index >= 15 is 0 Å². The molecule has 0 atom stereocenters. The lowest BCUT2D eigenvalue weighted by atomic mass is 10.1. The second-order valence-corrected chi connectivity index (χ2v) is 6.30. The number of para-hydroxylation sites is 1. The number of methoxy groups -OCH3 is 1. The van der Waals surface area contributed by atoms with Crippen LogP contribution in [0.15, 0.2) is 36.4 Å². The van der Waals surface area contributed by atoms with Crippen LogP contribution in [0, 0.1) is 10.1 Å². The number of esters is 1. The number of nitro benzene ring substituents is 1. The second-order valence-electron chi connectivity index (χ2n) is 6.30. The summed E-state index contributed by atoms with van der Waals surface area (Å²) in [5, 5.41) is 24.1. The predicted molar refractivity (Wildman–Crippen MR) is 102 cm³/mol. The quantitative estimate of drug-likeness (QED) is 0.351. The molecule has 2 aromatic rings. The van der Waals surface area contributed by atoms with E-state index in [-0.39, 0.29) is 22.5 Å². The fourth-order valence-corrected chi connectivity index (χ4v) is 3.15. The summed E-state index contributed by atoms with van der Waals surface area (Å²) in [6, 6.07) is 8.50. The second kappa shape index (κ2) is 7.95. The van der Waals surface area contributed by atoms with Gasteiger partial charge in [-0.1, -0.05) is 6.07 Å². The number of carbonyl (C=O) groups excluding carboxylic acids is 2. The Labute approximate surface area is 160 Å². The van der Waals surface area contributed by atoms with Gasteiger partial charge in [-0.05, 0) is 37.1 Å². The van der Waals surface area contributed by atoms with Gasteiger partial charge >= 0.3 is 5.97 Å². The summed E-state index contributed by atoms with van der Waals surface area (Å²) in [5.74, 6) is -1.83. The first kappa shape index (κ1) is 19.2. The molecule has 0 aliphatic carbocycles. The van der Waals surface area contributed by atoms with Crippen molar-refractivity contribution >= 4 is 28.9 Å². The molecule has 0 unspecified atom stereocenters. The predicted octanol–water partition coefficient (Wildman–Crippen LogP) is 2.94. The highest BCUT2D eigenvalue weighted by atomic mass is 16.6. The van der Waals surface area contributed by atoms with Crippen molar-refractivity contribution in [3.63, 3.8) is 0 Å². The smallest absolute Gasteiger partial charge is 0.341 e. The van der Waals surface area contributed by atoms with Crippen molar-refractivity contribution in [3.05, 3.63) is 57.6 Å². The first-order valence-electron chi connectivity index (χ1n) is 8.67. The number of anilines is 2. The number of aromatic hydroxyl groups is 1. The summed E-state index contributed by atoms with van der Waals surface area (Å²) in [4.78, 5) is 37.1.